The van der Waals surface area contributed by atoms with E-state index in [1.807, 2.05) is 0 Å². The second kappa shape index (κ2) is 5.85. The van der Waals surface area contributed by atoms with Crippen molar-refractivity contribution in [3.8, 4) is 0 Å². The minimum absolute atomic E-state index is 0.944. The topological polar surface area (TPSA) is 15.3 Å². The molecular weight excluding hydrogens is 220 g/mol. The molecule has 18 heavy (non-hydrogen) atoms. The van der Waals surface area contributed by atoms with Gasteiger partial charge in [0.1, 0.15) is 0 Å². The Hall–Kier alpha value is -0.860. The van der Waals surface area contributed by atoms with Crippen molar-refractivity contribution in [2.75, 3.05) is 32.7 Å². The Morgan fingerprint density at radius 2 is 1.72 bits per heavy atom. The minimum Gasteiger partial charge on any atom is -0.316 e. The molecule has 2 saturated heterocycles. The van der Waals surface area contributed by atoms with Gasteiger partial charge in [0, 0.05) is 13.1 Å². The first-order valence-corrected chi connectivity index (χ1v) is 7.39. The van der Waals surface area contributed by atoms with E-state index in [0.29, 0.717) is 0 Å². The number of fused-ring (bicyclic) bond motifs is 1. The van der Waals surface area contributed by atoms with Gasteiger partial charge in [-0.2, -0.15) is 0 Å². The van der Waals surface area contributed by atoms with Gasteiger partial charge in [0.05, 0.1) is 0 Å². The molecule has 2 heteroatoms. The number of hydrogen-bond donors (Lipinski definition) is 1. The zero-order chi connectivity index (χ0) is 12.2. The fourth-order valence-electron chi connectivity index (χ4n) is 3.44. The Morgan fingerprint density at radius 3 is 2.44 bits per heavy atom. The predicted octanol–water partition coefficient (Wildman–Crippen LogP) is 2.16. The maximum Gasteiger partial charge on any atom is 0.00255 e. The summed E-state index contributed by atoms with van der Waals surface area (Å²) >= 11 is 0. The molecule has 2 unspecified atom stereocenters. The summed E-state index contributed by atoms with van der Waals surface area (Å²) in [6.07, 6.45) is 3.92. The number of aryl methyl sites for hydroxylation is 1. The summed E-state index contributed by atoms with van der Waals surface area (Å²) in [7, 11) is 0. The van der Waals surface area contributed by atoms with Gasteiger partial charge in [-0.1, -0.05) is 30.3 Å². The molecule has 0 bridgehead atoms. The summed E-state index contributed by atoms with van der Waals surface area (Å²) in [6.45, 7) is 6.49. The highest BCUT2D eigenvalue weighted by Gasteiger charge is 2.35. The largest absolute Gasteiger partial charge is 0.316 e. The second-order valence-corrected chi connectivity index (χ2v) is 5.88. The number of benzene rings is 1. The number of nitrogens with zero attached hydrogens (tertiary/aromatic N) is 1. The lowest BCUT2D eigenvalue weighted by atomic mass is 10.0. The molecule has 98 valence electrons. The molecular formula is C16H24N2. The zero-order valence-corrected chi connectivity index (χ0v) is 11.1. The number of unbranched alkanes of at least 4 members (excludes halogenated alkanes) is 1. The van der Waals surface area contributed by atoms with E-state index >= 15 is 0 Å². The van der Waals surface area contributed by atoms with Gasteiger partial charge in [-0.05, 0) is 56.3 Å². The van der Waals surface area contributed by atoms with Gasteiger partial charge in [-0.3, -0.25) is 0 Å². The summed E-state index contributed by atoms with van der Waals surface area (Å²) in [5.41, 5.74) is 1.49. The van der Waals surface area contributed by atoms with Gasteiger partial charge in [-0.25, -0.2) is 0 Å². The zero-order valence-electron chi connectivity index (χ0n) is 11.1. The van der Waals surface area contributed by atoms with Crippen LogP contribution in [-0.4, -0.2) is 37.6 Å². The van der Waals surface area contributed by atoms with Gasteiger partial charge in [0.15, 0.2) is 0 Å². The van der Waals surface area contributed by atoms with E-state index in [4.69, 9.17) is 0 Å². The highest BCUT2D eigenvalue weighted by atomic mass is 15.2. The third-order valence-corrected chi connectivity index (χ3v) is 4.50. The molecule has 0 aliphatic carbocycles. The van der Waals surface area contributed by atoms with Crippen molar-refractivity contribution in [1.82, 2.24) is 10.2 Å². The van der Waals surface area contributed by atoms with E-state index in [9.17, 15) is 0 Å². The van der Waals surface area contributed by atoms with Crippen molar-refractivity contribution in [1.29, 1.82) is 0 Å². The Morgan fingerprint density at radius 1 is 1.00 bits per heavy atom. The Balaban J connectivity index is 1.34. The first-order chi connectivity index (χ1) is 8.92. The summed E-state index contributed by atoms with van der Waals surface area (Å²) in [5, 5.41) is 3.51. The molecule has 0 aromatic heterocycles. The van der Waals surface area contributed by atoms with E-state index in [-0.39, 0.29) is 0 Å². The van der Waals surface area contributed by atoms with E-state index in [2.05, 4.69) is 40.5 Å². The third-order valence-electron chi connectivity index (χ3n) is 4.50. The van der Waals surface area contributed by atoms with Crippen LogP contribution in [0.2, 0.25) is 0 Å². The molecule has 2 nitrogen and oxygen atoms in total. The van der Waals surface area contributed by atoms with Crippen molar-refractivity contribution < 1.29 is 0 Å². The van der Waals surface area contributed by atoms with Crippen molar-refractivity contribution >= 4 is 0 Å². The van der Waals surface area contributed by atoms with Gasteiger partial charge in [-0.15, -0.1) is 0 Å². The van der Waals surface area contributed by atoms with Gasteiger partial charge in [0.25, 0.3) is 0 Å². The van der Waals surface area contributed by atoms with Crippen molar-refractivity contribution in [3.63, 3.8) is 0 Å². The molecule has 1 aromatic rings. The molecule has 2 aliphatic rings. The molecule has 3 rings (SSSR count). The highest BCUT2D eigenvalue weighted by Crippen LogP contribution is 2.26. The van der Waals surface area contributed by atoms with Gasteiger partial charge in [0.2, 0.25) is 0 Å². The van der Waals surface area contributed by atoms with E-state index in [1.165, 1.54) is 57.5 Å². The number of hydrogen-bond acceptors (Lipinski definition) is 2. The predicted molar refractivity (Wildman–Crippen MR) is 75.7 cm³/mol. The Labute approximate surface area is 110 Å². The standard InChI is InChI=1S/C16H24N2/c1-2-6-14(7-3-1)8-4-5-9-18-12-15-10-17-11-16(15)13-18/h1-3,6-7,15-17H,4-5,8-13H2. The fourth-order valence-corrected chi connectivity index (χ4v) is 3.44. The van der Waals surface area contributed by atoms with Gasteiger partial charge < -0.3 is 10.2 Å². The van der Waals surface area contributed by atoms with Gasteiger partial charge >= 0.3 is 0 Å². The third kappa shape index (κ3) is 2.93. The summed E-state index contributed by atoms with van der Waals surface area (Å²) in [4.78, 5) is 2.68. The molecule has 2 atom stereocenters. The SMILES string of the molecule is c1ccc(CCCCN2CC3CNCC3C2)cc1. The highest BCUT2D eigenvalue weighted by molar-refractivity contribution is 5.14. The van der Waals surface area contributed by atoms with E-state index in [1.54, 1.807) is 0 Å². The molecule has 2 aliphatic heterocycles. The molecule has 0 spiro atoms. The molecule has 0 amide bonds. The van der Waals surface area contributed by atoms with Crippen molar-refractivity contribution in [2.24, 2.45) is 11.8 Å². The Bertz CT molecular complexity index is 351. The number of rotatable bonds is 5. The van der Waals surface area contributed by atoms with E-state index in [0.717, 1.165) is 11.8 Å². The minimum atomic E-state index is 0.944. The average molecular weight is 244 g/mol. The fraction of sp³-hybridized carbons (Fsp3) is 0.625. The molecule has 0 saturated carbocycles. The molecule has 2 heterocycles. The van der Waals surface area contributed by atoms with Crippen LogP contribution in [0, 0.1) is 11.8 Å². The number of nitrogens with one attached hydrogen (secondary N) is 1. The molecule has 1 aromatic carbocycles. The van der Waals surface area contributed by atoms with Crippen LogP contribution in [0.5, 0.6) is 0 Å². The molecule has 1 N–H and O–H groups in total. The molecule has 2 fully saturated rings. The lowest BCUT2D eigenvalue weighted by molar-refractivity contribution is 0.306. The summed E-state index contributed by atoms with van der Waals surface area (Å²) in [6, 6.07) is 10.9. The lowest BCUT2D eigenvalue weighted by Gasteiger charge is -2.16. The normalized spacial score (nSPS) is 27.6. The maximum absolute atomic E-state index is 3.51. The first-order valence-electron chi connectivity index (χ1n) is 7.39. The van der Waals surface area contributed by atoms with Crippen LogP contribution in [0.3, 0.4) is 0 Å². The van der Waals surface area contributed by atoms with Crippen LogP contribution in [0.15, 0.2) is 30.3 Å². The average Bonchev–Trinajstić information content (AvgIpc) is 2.96. The monoisotopic (exact) mass is 244 g/mol. The second-order valence-electron chi connectivity index (χ2n) is 5.88. The van der Waals surface area contributed by atoms with Crippen LogP contribution in [0.1, 0.15) is 18.4 Å². The quantitative estimate of drug-likeness (QED) is 0.799. The smallest absolute Gasteiger partial charge is 0.00255 e. The first kappa shape index (κ1) is 12.2. The number of likely N-dealkylation sites (tertiary alicyclic amines) is 1. The van der Waals surface area contributed by atoms with Crippen LogP contribution in [0.4, 0.5) is 0 Å². The van der Waals surface area contributed by atoms with Crippen LogP contribution in [0.25, 0.3) is 0 Å². The van der Waals surface area contributed by atoms with Crippen molar-refractivity contribution in [3.05, 3.63) is 35.9 Å². The Kier molecular flexibility index (Phi) is 3.96. The van der Waals surface area contributed by atoms with Crippen LogP contribution in [-0.2, 0) is 6.42 Å². The van der Waals surface area contributed by atoms with Crippen molar-refractivity contribution in [2.45, 2.75) is 19.3 Å². The van der Waals surface area contributed by atoms with E-state index < -0.39 is 0 Å². The summed E-state index contributed by atoms with van der Waals surface area (Å²) in [5.74, 6) is 1.89. The lowest BCUT2D eigenvalue weighted by Crippen LogP contribution is -2.26. The maximum atomic E-state index is 3.51. The molecule has 0 radical (unpaired) electrons. The summed E-state index contributed by atoms with van der Waals surface area (Å²) < 4.78 is 0. The van der Waals surface area contributed by atoms with Crippen LogP contribution >= 0.6 is 0 Å². The van der Waals surface area contributed by atoms with Crippen LogP contribution < -0.4 is 5.32 Å².